The first-order chi connectivity index (χ1) is 19.2. The summed E-state index contributed by atoms with van der Waals surface area (Å²) < 4.78 is 11.7. The van der Waals surface area contributed by atoms with Gasteiger partial charge in [0.25, 0.3) is 0 Å². The Morgan fingerprint density at radius 2 is 1.28 bits per heavy atom. The minimum Gasteiger partial charge on any atom is -0.507 e. The zero-order valence-electron chi connectivity index (χ0n) is 23.7. The fourth-order valence-corrected chi connectivity index (χ4v) is 4.94. The summed E-state index contributed by atoms with van der Waals surface area (Å²) >= 11 is 1.41. The fourth-order valence-electron chi connectivity index (χ4n) is 4.25. The van der Waals surface area contributed by atoms with Gasteiger partial charge in [0.15, 0.2) is 0 Å². The molecule has 7 heteroatoms. The van der Waals surface area contributed by atoms with E-state index in [0.717, 1.165) is 35.8 Å². The molecular formula is C32H45N3O3S. The molecule has 0 aliphatic carbocycles. The maximum atomic E-state index is 10.4. The number of ether oxygens (including phenoxy) is 2. The van der Waals surface area contributed by atoms with Crippen LogP contribution in [0, 0.1) is 0 Å². The third-order valence-corrected chi connectivity index (χ3v) is 7.50. The summed E-state index contributed by atoms with van der Waals surface area (Å²) in [5, 5.41) is 20.2. The van der Waals surface area contributed by atoms with Crippen molar-refractivity contribution >= 4 is 22.7 Å². The summed E-state index contributed by atoms with van der Waals surface area (Å²) in [5.41, 5.74) is 1.59. The van der Waals surface area contributed by atoms with Crippen molar-refractivity contribution in [2.75, 3.05) is 13.2 Å². The van der Waals surface area contributed by atoms with Crippen LogP contribution in [0.5, 0.6) is 17.2 Å². The quantitative estimate of drug-likeness (QED) is 0.112. The van der Waals surface area contributed by atoms with Gasteiger partial charge < -0.3 is 14.6 Å². The van der Waals surface area contributed by atoms with Crippen molar-refractivity contribution in [1.82, 2.24) is 10.2 Å². The largest absolute Gasteiger partial charge is 0.507 e. The predicted octanol–water partition coefficient (Wildman–Crippen LogP) is 9.53. The predicted molar refractivity (Wildman–Crippen MR) is 163 cm³/mol. The molecule has 212 valence electrons. The number of aromatic hydroxyl groups is 1. The average molecular weight is 552 g/mol. The number of phenolic OH excluding ortho intramolecular Hbond substituents is 1. The molecule has 0 atom stereocenters. The Morgan fingerprint density at radius 3 is 1.90 bits per heavy atom. The minimum absolute atomic E-state index is 0.134. The molecule has 0 amide bonds. The van der Waals surface area contributed by atoms with E-state index >= 15 is 0 Å². The van der Waals surface area contributed by atoms with E-state index in [4.69, 9.17) is 9.47 Å². The molecule has 1 aromatic heterocycles. The lowest BCUT2D eigenvalue weighted by atomic mass is 10.1. The summed E-state index contributed by atoms with van der Waals surface area (Å²) in [6.07, 6.45) is 17.9. The first-order valence-corrected chi connectivity index (χ1v) is 15.6. The van der Waals surface area contributed by atoms with Crippen LogP contribution in [0.25, 0.3) is 10.6 Å². The number of aromatic nitrogens is 2. The molecule has 1 N–H and O–H groups in total. The molecule has 0 aliphatic heterocycles. The van der Waals surface area contributed by atoms with Crippen LogP contribution in [-0.2, 0) is 0 Å². The third kappa shape index (κ3) is 11.8. The molecule has 0 unspecified atom stereocenters. The second kappa shape index (κ2) is 18.4. The Balaban J connectivity index is 1.40. The van der Waals surface area contributed by atoms with Crippen molar-refractivity contribution in [3.05, 3.63) is 48.0 Å². The maximum Gasteiger partial charge on any atom is 0.231 e. The minimum atomic E-state index is 0.134. The van der Waals surface area contributed by atoms with Crippen molar-refractivity contribution in [3.63, 3.8) is 0 Å². The smallest absolute Gasteiger partial charge is 0.231 e. The Hall–Kier alpha value is -2.93. The average Bonchev–Trinajstić information content (AvgIpc) is 3.43. The highest BCUT2D eigenvalue weighted by Gasteiger charge is 2.07. The Kier molecular flexibility index (Phi) is 14.4. The van der Waals surface area contributed by atoms with E-state index < -0.39 is 0 Å². The van der Waals surface area contributed by atoms with Gasteiger partial charge in [0.2, 0.25) is 5.13 Å². The highest BCUT2D eigenvalue weighted by Crippen LogP contribution is 2.30. The van der Waals surface area contributed by atoms with Gasteiger partial charge in [-0.1, -0.05) is 95.8 Å². The second-order valence-corrected chi connectivity index (χ2v) is 10.9. The van der Waals surface area contributed by atoms with Crippen LogP contribution < -0.4 is 9.47 Å². The maximum absolute atomic E-state index is 10.4. The van der Waals surface area contributed by atoms with Crippen molar-refractivity contribution < 1.29 is 14.6 Å². The van der Waals surface area contributed by atoms with E-state index in [0.29, 0.717) is 23.1 Å². The molecule has 0 radical (unpaired) electrons. The zero-order valence-corrected chi connectivity index (χ0v) is 24.6. The third-order valence-electron chi connectivity index (χ3n) is 6.61. The highest BCUT2D eigenvalue weighted by atomic mass is 32.1. The summed E-state index contributed by atoms with van der Waals surface area (Å²) in [6, 6.07) is 13.3. The van der Waals surface area contributed by atoms with Gasteiger partial charge in [-0.2, -0.15) is 0 Å². The number of benzene rings is 2. The van der Waals surface area contributed by atoms with Crippen molar-refractivity contribution in [1.29, 1.82) is 0 Å². The van der Waals surface area contributed by atoms with Crippen LogP contribution in [0.15, 0.2) is 47.5 Å². The highest BCUT2D eigenvalue weighted by molar-refractivity contribution is 7.18. The molecule has 2 aromatic carbocycles. The molecule has 0 saturated heterocycles. The lowest BCUT2D eigenvalue weighted by Gasteiger charge is -2.07. The van der Waals surface area contributed by atoms with Crippen LogP contribution in [-0.4, -0.2) is 34.7 Å². The lowest BCUT2D eigenvalue weighted by molar-refractivity contribution is 0.303. The topological polar surface area (TPSA) is 76.8 Å². The van der Waals surface area contributed by atoms with Gasteiger partial charge in [0, 0.05) is 23.4 Å². The fraction of sp³-hybridized carbons (Fsp3) is 0.531. The normalized spacial score (nSPS) is 11.3. The number of phenols is 1. The molecule has 39 heavy (non-hydrogen) atoms. The number of hydrogen-bond acceptors (Lipinski definition) is 7. The Labute approximate surface area is 238 Å². The molecule has 0 bridgehead atoms. The molecular weight excluding hydrogens is 506 g/mol. The monoisotopic (exact) mass is 551 g/mol. The lowest BCUT2D eigenvalue weighted by Crippen LogP contribution is -1.97. The Bertz CT molecular complexity index is 1100. The molecule has 0 fully saturated rings. The van der Waals surface area contributed by atoms with Gasteiger partial charge in [-0.15, -0.1) is 10.2 Å². The molecule has 0 spiro atoms. The second-order valence-electron chi connectivity index (χ2n) is 9.98. The summed E-state index contributed by atoms with van der Waals surface area (Å²) in [6.45, 7) is 5.88. The molecule has 0 aliphatic rings. The van der Waals surface area contributed by atoms with Gasteiger partial charge in [-0.25, -0.2) is 4.99 Å². The first-order valence-electron chi connectivity index (χ1n) is 14.8. The van der Waals surface area contributed by atoms with Gasteiger partial charge in [0.05, 0.1) is 13.2 Å². The molecule has 1 heterocycles. The van der Waals surface area contributed by atoms with Crippen molar-refractivity contribution in [2.24, 2.45) is 4.99 Å². The van der Waals surface area contributed by atoms with E-state index in [2.05, 4.69) is 29.0 Å². The van der Waals surface area contributed by atoms with Crippen LogP contribution >= 0.6 is 11.3 Å². The number of rotatable bonds is 20. The number of nitrogens with zero attached hydrogens (tertiary/aromatic N) is 3. The Morgan fingerprint density at radius 1 is 0.718 bits per heavy atom. The van der Waals surface area contributed by atoms with E-state index in [1.807, 2.05) is 30.3 Å². The van der Waals surface area contributed by atoms with Crippen LogP contribution in [0.3, 0.4) is 0 Å². The zero-order chi connectivity index (χ0) is 27.5. The number of aliphatic imine (C=N–C) groups is 1. The molecule has 6 nitrogen and oxygen atoms in total. The van der Waals surface area contributed by atoms with E-state index in [1.165, 1.54) is 82.0 Å². The van der Waals surface area contributed by atoms with Crippen molar-refractivity contribution in [2.45, 2.75) is 97.3 Å². The summed E-state index contributed by atoms with van der Waals surface area (Å²) in [7, 11) is 0. The van der Waals surface area contributed by atoms with Gasteiger partial charge >= 0.3 is 0 Å². The van der Waals surface area contributed by atoms with E-state index in [9.17, 15) is 5.11 Å². The van der Waals surface area contributed by atoms with Gasteiger partial charge in [-0.05, 0) is 49.2 Å². The summed E-state index contributed by atoms with van der Waals surface area (Å²) in [4.78, 5) is 4.41. The van der Waals surface area contributed by atoms with Crippen LogP contribution in [0.1, 0.15) is 103 Å². The van der Waals surface area contributed by atoms with Gasteiger partial charge in [-0.3, -0.25) is 0 Å². The van der Waals surface area contributed by atoms with E-state index in [1.54, 1.807) is 18.3 Å². The van der Waals surface area contributed by atoms with Crippen LogP contribution in [0.4, 0.5) is 5.13 Å². The SMILES string of the molecule is CCCCCCCCCCOc1ccc(-c2nnc(/N=C/c3ccc(OCCCCCCC)cc3O)s2)cc1. The van der Waals surface area contributed by atoms with E-state index in [-0.39, 0.29) is 5.75 Å². The molecule has 0 saturated carbocycles. The van der Waals surface area contributed by atoms with Crippen LogP contribution in [0.2, 0.25) is 0 Å². The standard InChI is InChI=1S/C32H45N3O3S/c1-3-5-7-9-10-11-13-15-22-37-28-19-16-26(17-20-28)31-34-35-32(39-31)33-25-27-18-21-29(24-30(27)36)38-23-14-12-8-6-4-2/h16-21,24-25,36H,3-15,22-23H2,1-2H3/b33-25+. The molecule has 3 aromatic rings. The van der Waals surface area contributed by atoms with Gasteiger partial charge in [0.1, 0.15) is 22.3 Å². The number of unbranched alkanes of at least 4 members (excludes halogenated alkanes) is 11. The van der Waals surface area contributed by atoms with Crippen molar-refractivity contribution in [3.8, 4) is 27.8 Å². The number of hydrogen-bond donors (Lipinski definition) is 1. The first kappa shape index (κ1) is 30.6. The summed E-state index contributed by atoms with van der Waals surface area (Å²) in [5.74, 6) is 1.68. The molecule has 3 rings (SSSR count).